The van der Waals surface area contributed by atoms with Crippen molar-refractivity contribution < 1.29 is 23.8 Å². The Balaban J connectivity index is 1.44. The zero-order chi connectivity index (χ0) is 21.2. The van der Waals surface area contributed by atoms with Crippen LogP contribution in [0.4, 0.5) is 11.4 Å². The lowest BCUT2D eigenvalue weighted by Crippen LogP contribution is -2.21. The largest absolute Gasteiger partial charge is 0.491 e. The molecule has 7 heteroatoms. The van der Waals surface area contributed by atoms with Gasteiger partial charge in [-0.25, -0.2) is 4.79 Å². The van der Waals surface area contributed by atoms with Crippen LogP contribution < -0.4 is 15.4 Å². The highest BCUT2D eigenvalue weighted by molar-refractivity contribution is 5.95. The smallest absolute Gasteiger partial charge is 0.338 e. The summed E-state index contributed by atoms with van der Waals surface area (Å²) in [7, 11) is 0. The van der Waals surface area contributed by atoms with Gasteiger partial charge in [0.25, 0.3) is 0 Å². The second-order valence-corrected chi connectivity index (χ2v) is 7.09. The van der Waals surface area contributed by atoms with Crippen LogP contribution in [-0.4, -0.2) is 44.3 Å². The molecule has 1 atom stereocenters. The maximum Gasteiger partial charge on any atom is 0.338 e. The van der Waals surface area contributed by atoms with Crippen molar-refractivity contribution in [3.8, 4) is 5.75 Å². The lowest BCUT2D eigenvalue weighted by Gasteiger charge is -2.13. The van der Waals surface area contributed by atoms with Gasteiger partial charge in [0.15, 0.2) is 0 Å². The molecule has 1 saturated heterocycles. The van der Waals surface area contributed by atoms with Crippen molar-refractivity contribution in [2.75, 3.05) is 37.0 Å². The Kier molecular flexibility index (Phi) is 8.09. The third-order valence-electron chi connectivity index (χ3n) is 4.59. The molecule has 1 fully saturated rings. The average molecular weight is 412 g/mol. The number of carbonyl (C=O) groups is 2. The lowest BCUT2D eigenvalue weighted by molar-refractivity contribution is -0.114. The third kappa shape index (κ3) is 6.77. The van der Waals surface area contributed by atoms with Crippen LogP contribution in [-0.2, 0) is 14.3 Å². The van der Waals surface area contributed by atoms with Crippen LogP contribution in [0.3, 0.4) is 0 Å². The molecule has 0 aliphatic carbocycles. The van der Waals surface area contributed by atoms with Crippen LogP contribution in [0.1, 0.15) is 36.5 Å². The van der Waals surface area contributed by atoms with E-state index in [1.165, 1.54) is 0 Å². The Bertz CT molecular complexity index is 832. The molecule has 7 nitrogen and oxygen atoms in total. The highest BCUT2D eigenvalue weighted by Gasteiger charge is 2.16. The standard InChI is InChI=1S/C23H28N2O5/c1-2-12-29-23(27)17-8-10-18(11-9-17)25-22(26)15-24-19-5-3-6-20(14-19)30-16-21-7-4-13-28-21/h3,5-6,8-11,14,21,24H,2,4,7,12-13,15-16H2,1H3,(H,25,26). The Hall–Kier alpha value is -3.06. The first-order valence-corrected chi connectivity index (χ1v) is 10.3. The van der Waals surface area contributed by atoms with Crippen molar-refractivity contribution in [2.24, 2.45) is 0 Å². The highest BCUT2D eigenvalue weighted by atomic mass is 16.5. The molecule has 30 heavy (non-hydrogen) atoms. The predicted molar refractivity (Wildman–Crippen MR) is 115 cm³/mol. The number of benzene rings is 2. The summed E-state index contributed by atoms with van der Waals surface area (Å²) in [6.07, 6.45) is 3.04. The van der Waals surface area contributed by atoms with Crippen LogP contribution in [0.5, 0.6) is 5.75 Å². The number of amides is 1. The number of anilines is 2. The van der Waals surface area contributed by atoms with Crippen LogP contribution in [0.2, 0.25) is 0 Å². The van der Waals surface area contributed by atoms with Crippen molar-refractivity contribution >= 4 is 23.3 Å². The Morgan fingerprint density at radius 3 is 2.70 bits per heavy atom. The van der Waals surface area contributed by atoms with E-state index < -0.39 is 0 Å². The maximum atomic E-state index is 12.2. The number of rotatable bonds is 10. The van der Waals surface area contributed by atoms with Crippen molar-refractivity contribution in [3.63, 3.8) is 0 Å². The molecule has 2 N–H and O–H groups in total. The average Bonchev–Trinajstić information content (AvgIpc) is 3.29. The van der Waals surface area contributed by atoms with E-state index in [2.05, 4.69) is 10.6 Å². The van der Waals surface area contributed by atoms with E-state index in [-0.39, 0.29) is 24.5 Å². The van der Waals surface area contributed by atoms with Crippen molar-refractivity contribution in [1.29, 1.82) is 0 Å². The van der Waals surface area contributed by atoms with Gasteiger partial charge in [0, 0.05) is 24.0 Å². The van der Waals surface area contributed by atoms with Gasteiger partial charge in [0.05, 0.1) is 24.8 Å². The zero-order valence-electron chi connectivity index (χ0n) is 17.2. The first-order valence-electron chi connectivity index (χ1n) is 10.3. The van der Waals surface area contributed by atoms with E-state index in [4.69, 9.17) is 14.2 Å². The fourth-order valence-electron chi connectivity index (χ4n) is 3.02. The van der Waals surface area contributed by atoms with Crippen LogP contribution in [0.15, 0.2) is 48.5 Å². The summed E-state index contributed by atoms with van der Waals surface area (Å²) in [4.78, 5) is 24.0. The van der Waals surface area contributed by atoms with Crippen molar-refractivity contribution in [1.82, 2.24) is 0 Å². The minimum absolute atomic E-state index is 0.107. The van der Waals surface area contributed by atoms with Gasteiger partial charge in [-0.05, 0) is 55.7 Å². The molecule has 0 bridgehead atoms. The number of nitrogens with one attached hydrogen (secondary N) is 2. The Morgan fingerprint density at radius 1 is 1.13 bits per heavy atom. The quantitative estimate of drug-likeness (QED) is 0.577. The van der Waals surface area contributed by atoms with E-state index in [1.54, 1.807) is 24.3 Å². The SMILES string of the molecule is CCCOC(=O)c1ccc(NC(=O)CNc2cccc(OCC3CCCO3)c2)cc1. The number of esters is 1. The molecule has 3 rings (SSSR count). The molecule has 1 heterocycles. The van der Waals surface area contributed by atoms with Gasteiger partial charge in [-0.1, -0.05) is 13.0 Å². The summed E-state index contributed by atoms with van der Waals surface area (Å²) in [5, 5.41) is 5.89. The second kappa shape index (κ2) is 11.2. The molecule has 160 valence electrons. The zero-order valence-corrected chi connectivity index (χ0v) is 17.2. The first-order chi connectivity index (χ1) is 14.6. The van der Waals surface area contributed by atoms with Crippen LogP contribution in [0, 0.1) is 0 Å². The summed E-state index contributed by atoms with van der Waals surface area (Å²) in [6.45, 7) is 3.77. The molecule has 2 aromatic rings. The lowest BCUT2D eigenvalue weighted by atomic mass is 10.2. The molecule has 0 spiro atoms. The molecule has 0 saturated carbocycles. The predicted octanol–water partition coefficient (Wildman–Crippen LogP) is 3.86. The number of hydrogen-bond donors (Lipinski definition) is 2. The molecule has 0 radical (unpaired) electrons. The number of carbonyl (C=O) groups excluding carboxylic acids is 2. The van der Waals surface area contributed by atoms with Crippen LogP contribution in [0.25, 0.3) is 0 Å². The van der Waals surface area contributed by atoms with Crippen molar-refractivity contribution in [3.05, 3.63) is 54.1 Å². The van der Waals surface area contributed by atoms with Gasteiger partial charge >= 0.3 is 5.97 Å². The van der Waals surface area contributed by atoms with Crippen LogP contribution >= 0.6 is 0 Å². The molecular weight excluding hydrogens is 384 g/mol. The third-order valence-corrected chi connectivity index (χ3v) is 4.59. The maximum absolute atomic E-state index is 12.2. The van der Waals surface area contributed by atoms with Gasteiger partial charge in [0.2, 0.25) is 5.91 Å². The molecule has 1 aliphatic rings. The summed E-state index contributed by atoms with van der Waals surface area (Å²) < 4.78 is 16.4. The van der Waals surface area contributed by atoms with E-state index in [9.17, 15) is 9.59 Å². The summed E-state index contributed by atoms with van der Waals surface area (Å²) in [6, 6.07) is 14.1. The highest BCUT2D eigenvalue weighted by Crippen LogP contribution is 2.19. The van der Waals surface area contributed by atoms with Gasteiger partial charge < -0.3 is 24.8 Å². The number of ether oxygens (including phenoxy) is 3. The Morgan fingerprint density at radius 2 is 1.97 bits per heavy atom. The summed E-state index contributed by atoms with van der Waals surface area (Å²) in [5.41, 5.74) is 1.87. The normalized spacial score (nSPS) is 15.4. The van der Waals surface area contributed by atoms with Gasteiger partial charge in [0.1, 0.15) is 12.4 Å². The first kappa shape index (κ1) is 21.6. The number of hydrogen-bond acceptors (Lipinski definition) is 6. The van der Waals surface area contributed by atoms with Gasteiger partial charge in [-0.2, -0.15) is 0 Å². The molecule has 0 aromatic heterocycles. The molecule has 1 aliphatic heterocycles. The molecule has 2 aromatic carbocycles. The van der Waals surface area contributed by atoms with E-state index in [1.807, 2.05) is 31.2 Å². The molecular formula is C23H28N2O5. The molecule has 1 unspecified atom stereocenters. The fraction of sp³-hybridized carbons (Fsp3) is 0.391. The van der Waals surface area contributed by atoms with Crippen molar-refractivity contribution in [2.45, 2.75) is 32.3 Å². The summed E-state index contributed by atoms with van der Waals surface area (Å²) >= 11 is 0. The second-order valence-electron chi connectivity index (χ2n) is 7.09. The van der Waals surface area contributed by atoms with Gasteiger partial charge in [-0.3, -0.25) is 4.79 Å². The fourth-order valence-corrected chi connectivity index (χ4v) is 3.02. The topological polar surface area (TPSA) is 85.9 Å². The Labute approximate surface area is 176 Å². The van der Waals surface area contributed by atoms with E-state index in [0.29, 0.717) is 24.5 Å². The van der Waals surface area contributed by atoms with E-state index in [0.717, 1.165) is 37.3 Å². The summed E-state index contributed by atoms with van der Waals surface area (Å²) in [5.74, 6) is 0.182. The minimum Gasteiger partial charge on any atom is -0.491 e. The minimum atomic E-state index is -0.363. The van der Waals surface area contributed by atoms with Gasteiger partial charge in [-0.15, -0.1) is 0 Å². The molecule has 1 amide bonds. The van der Waals surface area contributed by atoms with E-state index >= 15 is 0 Å². The monoisotopic (exact) mass is 412 g/mol.